The molecule has 0 heterocycles. The van der Waals surface area contributed by atoms with Crippen LogP contribution in [0.3, 0.4) is 0 Å². The molecule has 1 rings (SSSR count). The van der Waals surface area contributed by atoms with Crippen LogP contribution in [0, 0.1) is 17.2 Å². The first-order chi connectivity index (χ1) is 9.46. The highest BCUT2D eigenvalue weighted by Crippen LogP contribution is 2.08. The molecule has 0 saturated carbocycles. The molecule has 0 spiro atoms. The molecule has 1 aromatic carbocycles. The second-order valence-corrected chi connectivity index (χ2v) is 6.70. The number of nitrogens with zero attached hydrogens (tertiary/aromatic N) is 1. The fraction of sp³-hybridized carbons (Fsp3) is 0.500. The first-order valence-corrected chi connectivity index (χ1v) is 8.19. The van der Waals surface area contributed by atoms with Crippen molar-refractivity contribution in [3.05, 3.63) is 35.4 Å². The fourth-order valence-corrected chi connectivity index (χ4v) is 2.95. The van der Waals surface area contributed by atoms with E-state index in [9.17, 15) is 8.42 Å². The topological polar surface area (TPSA) is 90.2 Å². The van der Waals surface area contributed by atoms with Crippen molar-refractivity contribution in [1.29, 1.82) is 5.26 Å². The predicted octanol–water partition coefficient (Wildman–Crippen LogP) is 1.39. The van der Waals surface area contributed by atoms with E-state index in [1.54, 1.807) is 24.3 Å². The number of hydrogen-bond donors (Lipinski definition) is 2. The normalized spacial score (nSPS) is 12.8. The van der Waals surface area contributed by atoms with Crippen LogP contribution in [0.25, 0.3) is 0 Å². The van der Waals surface area contributed by atoms with Crippen LogP contribution in [0.4, 0.5) is 0 Å². The highest BCUT2D eigenvalue weighted by molar-refractivity contribution is 7.88. The third-order valence-electron chi connectivity index (χ3n) is 2.92. The van der Waals surface area contributed by atoms with Crippen molar-refractivity contribution in [3.63, 3.8) is 0 Å². The summed E-state index contributed by atoms with van der Waals surface area (Å²) in [5.74, 6) is 0.0600. The summed E-state index contributed by atoms with van der Waals surface area (Å²) in [6.07, 6.45) is 1.47. The third kappa shape index (κ3) is 6.15. The Labute approximate surface area is 120 Å². The fourth-order valence-electron chi connectivity index (χ4n) is 1.77. The molecule has 0 fully saturated rings. The molecule has 0 amide bonds. The Morgan fingerprint density at radius 1 is 1.45 bits per heavy atom. The summed E-state index contributed by atoms with van der Waals surface area (Å²) in [6, 6.07) is 8.56. The van der Waals surface area contributed by atoms with Crippen LogP contribution in [0.1, 0.15) is 30.9 Å². The zero-order chi connectivity index (χ0) is 15.0. The molecule has 0 aromatic heterocycles. The van der Waals surface area contributed by atoms with Crippen LogP contribution < -0.4 is 4.72 Å². The SMILES string of the molecule is CC(CO)CCCNS(=O)(=O)Cc1cccc(C#N)c1. The van der Waals surface area contributed by atoms with Gasteiger partial charge in [-0.05, 0) is 36.5 Å². The van der Waals surface area contributed by atoms with E-state index in [2.05, 4.69) is 4.72 Å². The lowest BCUT2D eigenvalue weighted by molar-refractivity contribution is 0.228. The lowest BCUT2D eigenvalue weighted by Gasteiger charge is -2.09. The van der Waals surface area contributed by atoms with E-state index in [-0.39, 0.29) is 18.3 Å². The van der Waals surface area contributed by atoms with Gasteiger partial charge in [0, 0.05) is 13.2 Å². The minimum absolute atomic E-state index is 0.119. The van der Waals surface area contributed by atoms with Crippen molar-refractivity contribution in [2.24, 2.45) is 5.92 Å². The average Bonchev–Trinajstić information content (AvgIpc) is 2.43. The molecule has 0 aliphatic rings. The molecule has 1 atom stereocenters. The molecule has 6 heteroatoms. The largest absolute Gasteiger partial charge is 0.396 e. The van der Waals surface area contributed by atoms with Crippen LogP contribution in [0.5, 0.6) is 0 Å². The van der Waals surface area contributed by atoms with E-state index >= 15 is 0 Å². The molecule has 0 aliphatic carbocycles. The molecule has 20 heavy (non-hydrogen) atoms. The first-order valence-electron chi connectivity index (χ1n) is 6.54. The van der Waals surface area contributed by atoms with E-state index in [0.29, 0.717) is 24.1 Å². The molecule has 0 saturated heterocycles. The number of rotatable bonds is 8. The number of benzene rings is 1. The molecule has 2 N–H and O–H groups in total. The Morgan fingerprint density at radius 2 is 2.20 bits per heavy atom. The monoisotopic (exact) mass is 296 g/mol. The van der Waals surface area contributed by atoms with Crippen LogP contribution in [-0.4, -0.2) is 26.7 Å². The highest BCUT2D eigenvalue weighted by atomic mass is 32.2. The maximum atomic E-state index is 11.9. The smallest absolute Gasteiger partial charge is 0.215 e. The predicted molar refractivity (Wildman–Crippen MR) is 77.3 cm³/mol. The second-order valence-electron chi connectivity index (χ2n) is 4.90. The molecular formula is C14H20N2O3S. The van der Waals surface area contributed by atoms with E-state index in [4.69, 9.17) is 10.4 Å². The zero-order valence-corrected chi connectivity index (χ0v) is 12.4. The molecule has 0 radical (unpaired) electrons. The van der Waals surface area contributed by atoms with E-state index in [1.807, 2.05) is 13.0 Å². The van der Waals surface area contributed by atoms with Gasteiger partial charge >= 0.3 is 0 Å². The number of nitriles is 1. The summed E-state index contributed by atoms with van der Waals surface area (Å²) in [6.45, 7) is 2.40. The van der Waals surface area contributed by atoms with Gasteiger partial charge in [0.2, 0.25) is 10.0 Å². The first kappa shape index (κ1) is 16.6. The summed E-state index contributed by atoms with van der Waals surface area (Å²) in [5.41, 5.74) is 1.05. The van der Waals surface area contributed by atoms with Crippen molar-refractivity contribution >= 4 is 10.0 Å². The molecule has 5 nitrogen and oxygen atoms in total. The van der Waals surface area contributed by atoms with Crippen molar-refractivity contribution in [2.45, 2.75) is 25.5 Å². The van der Waals surface area contributed by atoms with Crippen LogP contribution in [-0.2, 0) is 15.8 Å². The van der Waals surface area contributed by atoms with E-state index in [1.165, 1.54) is 0 Å². The van der Waals surface area contributed by atoms with Gasteiger partial charge in [0.25, 0.3) is 0 Å². The summed E-state index contributed by atoms with van der Waals surface area (Å²) < 4.78 is 26.3. The van der Waals surface area contributed by atoms with Crippen LogP contribution in [0.15, 0.2) is 24.3 Å². The molecule has 1 aromatic rings. The minimum Gasteiger partial charge on any atom is -0.396 e. The number of sulfonamides is 1. The summed E-state index contributed by atoms with van der Waals surface area (Å²) in [7, 11) is -3.39. The van der Waals surface area contributed by atoms with Gasteiger partial charge in [-0.15, -0.1) is 0 Å². The van der Waals surface area contributed by atoms with Crippen LogP contribution >= 0.6 is 0 Å². The average molecular weight is 296 g/mol. The molecule has 1 unspecified atom stereocenters. The molecule has 0 aliphatic heterocycles. The van der Waals surface area contributed by atoms with Crippen molar-refractivity contribution in [1.82, 2.24) is 4.72 Å². The summed E-state index contributed by atoms with van der Waals surface area (Å²) >= 11 is 0. The van der Waals surface area contributed by atoms with Gasteiger partial charge in [0.05, 0.1) is 17.4 Å². The van der Waals surface area contributed by atoms with Gasteiger partial charge in [-0.25, -0.2) is 13.1 Å². The Morgan fingerprint density at radius 3 is 2.85 bits per heavy atom. The second kappa shape index (κ2) is 8.00. The van der Waals surface area contributed by atoms with E-state index < -0.39 is 10.0 Å². The van der Waals surface area contributed by atoms with E-state index in [0.717, 1.165) is 6.42 Å². The Balaban J connectivity index is 2.47. The molecule has 110 valence electrons. The van der Waals surface area contributed by atoms with Gasteiger partial charge in [0.1, 0.15) is 0 Å². The van der Waals surface area contributed by atoms with Gasteiger partial charge in [-0.3, -0.25) is 0 Å². The number of aliphatic hydroxyl groups excluding tert-OH is 1. The van der Waals surface area contributed by atoms with Crippen molar-refractivity contribution in [2.75, 3.05) is 13.2 Å². The Kier molecular flexibility index (Phi) is 6.65. The lowest BCUT2D eigenvalue weighted by atomic mass is 10.1. The number of hydrogen-bond acceptors (Lipinski definition) is 4. The van der Waals surface area contributed by atoms with Crippen molar-refractivity contribution < 1.29 is 13.5 Å². The van der Waals surface area contributed by atoms with Gasteiger partial charge in [0.15, 0.2) is 0 Å². The summed E-state index contributed by atoms with van der Waals surface area (Å²) in [4.78, 5) is 0. The quantitative estimate of drug-likeness (QED) is 0.709. The van der Waals surface area contributed by atoms with Crippen molar-refractivity contribution in [3.8, 4) is 6.07 Å². The Hall–Kier alpha value is -1.42. The molecule has 0 bridgehead atoms. The lowest BCUT2D eigenvalue weighted by Crippen LogP contribution is -2.26. The highest BCUT2D eigenvalue weighted by Gasteiger charge is 2.11. The Bertz CT molecular complexity index is 564. The minimum atomic E-state index is -3.39. The maximum absolute atomic E-state index is 11.9. The standard InChI is InChI=1S/C14H20N2O3S/c1-12(10-17)4-3-7-16-20(18,19)11-14-6-2-5-13(8-14)9-15/h2,5-6,8,12,16-17H,3-4,7,10-11H2,1H3. The van der Waals surface area contributed by atoms with Gasteiger partial charge in [-0.1, -0.05) is 19.1 Å². The third-order valence-corrected chi connectivity index (χ3v) is 4.28. The maximum Gasteiger partial charge on any atom is 0.215 e. The number of aliphatic hydroxyl groups is 1. The zero-order valence-electron chi connectivity index (χ0n) is 11.5. The molecular weight excluding hydrogens is 276 g/mol. The van der Waals surface area contributed by atoms with Crippen LogP contribution in [0.2, 0.25) is 0 Å². The summed E-state index contributed by atoms with van der Waals surface area (Å²) in [5, 5.41) is 17.6. The van der Waals surface area contributed by atoms with Gasteiger partial charge in [-0.2, -0.15) is 5.26 Å². The van der Waals surface area contributed by atoms with Gasteiger partial charge < -0.3 is 5.11 Å². The number of nitrogens with one attached hydrogen (secondary N) is 1.